The summed E-state index contributed by atoms with van der Waals surface area (Å²) in [5.41, 5.74) is 5.74. The number of phenolic OH excluding ortho intramolecular Hbond substituents is 1. The van der Waals surface area contributed by atoms with Crippen LogP contribution >= 0.6 is 24.1 Å². The molecule has 6 rings (SSSR count). The van der Waals surface area contributed by atoms with Gasteiger partial charge in [-0.25, -0.2) is 10.5 Å². The van der Waals surface area contributed by atoms with E-state index in [0.29, 0.717) is 78.1 Å². The number of nitrogens with zero attached hydrogens (tertiary/aromatic N) is 6. The Hall–Kier alpha value is -5.96. The molecule has 0 fully saturated rings. The van der Waals surface area contributed by atoms with Crippen molar-refractivity contribution in [2.75, 3.05) is 19.5 Å². The second-order valence-corrected chi connectivity index (χ2v) is 13.2. The number of ether oxygens (including phenoxy) is 2. The third kappa shape index (κ3) is 9.82. The predicted octanol–water partition coefficient (Wildman–Crippen LogP) is 13.0. The van der Waals surface area contributed by atoms with Gasteiger partial charge in [0.15, 0.2) is 5.75 Å². The number of benzene rings is 6. The van der Waals surface area contributed by atoms with Crippen molar-refractivity contribution in [2.45, 2.75) is 23.6 Å². The summed E-state index contributed by atoms with van der Waals surface area (Å²) in [5.74, 6) is 0.613. The van der Waals surface area contributed by atoms with Gasteiger partial charge in [-0.05, 0) is 103 Å². The number of hydrogen-bond acceptors (Lipinski definition) is 18. The van der Waals surface area contributed by atoms with Crippen molar-refractivity contribution in [3.63, 3.8) is 0 Å². The number of methoxy groups -OCH3 is 2. The molecule has 0 amide bonds. The summed E-state index contributed by atoms with van der Waals surface area (Å²) in [4.78, 5) is 1.01. The van der Waals surface area contributed by atoms with Gasteiger partial charge in [0.1, 0.15) is 28.6 Å². The van der Waals surface area contributed by atoms with Gasteiger partial charge in [-0.2, -0.15) is 15.3 Å². The lowest BCUT2D eigenvalue weighted by molar-refractivity contribution is -0.432. The SMILES string of the molecule is COc1cc(N=Nc2ccc(SOOO)cc2)c(C)cc1N=Nc1cc(OC)c(N=Nc2c(SOOO)cc3cc(Nc4ccccc4)ccc3c2O)cc1C. The number of azo groups is 3. The van der Waals surface area contributed by atoms with Crippen LogP contribution in [-0.2, 0) is 18.7 Å². The first-order valence-corrected chi connectivity index (χ1v) is 17.9. The summed E-state index contributed by atoms with van der Waals surface area (Å²) in [6.07, 6.45) is 0. The van der Waals surface area contributed by atoms with Gasteiger partial charge >= 0.3 is 0 Å². The molecule has 0 radical (unpaired) electrons. The van der Waals surface area contributed by atoms with Crippen LogP contribution < -0.4 is 14.8 Å². The van der Waals surface area contributed by atoms with Crippen molar-refractivity contribution in [1.29, 1.82) is 0 Å². The van der Waals surface area contributed by atoms with E-state index in [-0.39, 0.29) is 11.4 Å². The normalized spacial score (nSPS) is 11.7. The fraction of sp³-hybridized carbons (Fsp3) is 0.105. The minimum Gasteiger partial charge on any atom is -0.505 e. The van der Waals surface area contributed by atoms with Crippen molar-refractivity contribution in [3.8, 4) is 17.2 Å². The summed E-state index contributed by atoms with van der Waals surface area (Å²) in [6, 6.07) is 30.7. The molecule has 4 N–H and O–H groups in total. The number of phenols is 1. The maximum atomic E-state index is 11.3. The summed E-state index contributed by atoms with van der Waals surface area (Å²) in [7, 11) is 3.01. The highest BCUT2D eigenvalue weighted by Crippen LogP contribution is 2.46. The van der Waals surface area contributed by atoms with E-state index < -0.39 is 0 Å². The molecule has 0 unspecified atom stereocenters. The Bertz CT molecular complexity index is 2400. The van der Waals surface area contributed by atoms with E-state index in [1.165, 1.54) is 14.2 Å². The van der Waals surface area contributed by atoms with Crippen molar-refractivity contribution in [3.05, 3.63) is 114 Å². The number of hydrogen-bond donors (Lipinski definition) is 4. The lowest BCUT2D eigenvalue weighted by Gasteiger charge is -2.12. The molecule has 0 aliphatic rings. The van der Waals surface area contributed by atoms with E-state index in [9.17, 15) is 5.11 Å². The zero-order valence-electron chi connectivity index (χ0n) is 30.1. The Labute approximate surface area is 328 Å². The largest absolute Gasteiger partial charge is 0.505 e. The molecule has 0 aliphatic heterocycles. The van der Waals surface area contributed by atoms with Crippen LogP contribution in [0.3, 0.4) is 0 Å². The highest BCUT2D eigenvalue weighted by atomic mass is 32.2. The van der Waals surface area contributed by atoms with Crippen molar-refractivity contribution in [1.82, 2.24) is 0 Å². The van der Waals surface area contributed by atoms with Crippen LogP contribution in [-0.4, -0.2) is 29.8 Å². The quantitative estimate of drug-likeness (QED) is 0.0313. The molecular formula is C38H33N7O9S2. The molecule has 56 heavy (non-hydrogen) atoms. The topological polar surface area (TPSA) is 202 Å². The molecule has 286 valence electrons. The molecular weight excluding hydrogens is 763 g/mol. The van der Waals surface area contributed by atoms with Crippen LogP contribution in [0.4, 0.5) is 45.5 Å². The fourth-order valence-corrected chi connectivity index (χ4v) is 6.15. The second-order valence-electron chi connectivity index (χ2n) is 11.7. The first-order valence-electron chi connectivity index (χ1n) is 16.4. The molecule has 0 aromatic heterocycles. The molecule has 0 saturated carbocycles. The highest BCUT2D eigenvalue weighted by molar-refractivity contribution is 7.94. The van der Waals surface area contributed by atoms with E-state index in [1.807, 2.05) is 56.3 Å². The summed E-state index contributed by atoms with van der Waals surface area (Å²) >= 11 is 1.49. The van der Waals surface area contributed by atoms with Crippen LogP contribution in [0.2, 0.25) is 0 Å². The van der Waals surface area contributed by atoms with Crippen LogP contribution in [0.15, 0.2) is 144 Å². The lowest BCUT2D eigenvalue weighted by atomic mass is 10.1. The number of fused-ring (bicyclic) bond motifs is 1. The molecule has 0 heterocycles. The third-order valence-electron chi connectivity index (χ3n) is 8.06. The first kappa shape index (κ1) is 39.7. The summed E-state index contributed by atoms with van der Waals surface area (Å²) in [6.45, 7) is 3.70. The van der Waals surface area contributed by atoms with Gasteiger partial charge in [-0.15, -0.1) is 24.0 Å². The second kappa shape index (κ2) is 19.1. The van der Waals surface area contributed by atoms with E-state index in [4.69, 9.17) is 24.3 Å². The summed E-state index contributed by atoms with van der Waals surface area (Å²) in [5, 5.41) is 66.9. The fourth-order valence-electron chi connectivity index (χ4n) is 5.30. The van der Waals surface area contributed by atoms with Gasteiger partial charge in [0.05, 0.1) is 60.3 Å². The van der Waals surface area contributed by atoms with Crippen LogP contribution in [0.25, 0.3) is 10.8 Å². The van der Waals surface area contributed by atoms with E-state index in [2.05, 4.69) is 50.4 Å². The number of anilines is 2. The molecule has 0 aliphatic carbocycles. The molecule has 6 aromatic carbocycles. The Morgan fingerprint density at radius 3 is 1.79 bits per heavy atom. The monoisotopic (exact) mass is 795 g/mol. The average molecular weight is 796 g/mol. The predicted molar refractivity (Wildman–Crippen MR) is 211 cm³/mol. The highest BCUT2D eigenvalue weighted by Gasteiger charge is 2.17. The maximum Gasteiger partial charge on any atom is 0.152 e. The van der Waals surface area contributed by atoms with Crippen molar-refractivity contribution < 1.29 is 43.8 Å². The van der Waals surface area contributed by atoms with Gasteiger partial charge < -0.3 is 19.9 Å². The number of aromatic hydroxyl groups is 1. The Morgan fingerprint density at radius 1 is 0.571 bits per heavy atom. The average Bonchev–Trinajstić information content (AvgIpc) is 3.21. The molecule has 6 aromatic rings. The maximum absolute atomic E-state index is 11.3. The number of nitrogens with one attached hydrogen (secondary N) is 1. The molecule has 0 spiro atoms. The Balaban J connectivity index is 1.24. The van der Waals surface area contributed by atoms with Gasteiger partial charge in [0.25, 0.3) is 0 Å². The standard InChI is InChI=1S/C38H33N7O9S2/c1-22-16-32(34(49-3)20-30(22)41-40-26-10-13-28(14-11-26)55-53-51-47)43-42-31-21-35(50-4)33(17-23(31)2)44-45-37-36(56-54-52-48)19-24-18-27(12-15-29(24)38(37)46)39-25-8-6-5-7-9-25/h5-21,39,46-48H,1-4H3. The minimum atomic E-state index is -0.158. The Morgan fingerprint density at radius 2 is 1.16 bits per heavy atom. The minimum absolute atomic E-state index is 0.0779. The lowest BCUT2D eigenvalue weighted by Crippen LogP contribution is -1.90. The number of rotatable bonds is 16. The molecule has 16 nitrogen and oxygen atoms in total. The van der Waals surface area contributed by atoms with E-state index in [0.717, 1.165) is 29.0 Å². The van der Waals surface area contributed by atoms with Crippen LogP contribution in [0.5, 0.6) is 17.2 Å². The molecule has 0 atom stereocenters. The molecule has 0 saturated heterocycles. The first-order chi connectivity index (χ1) is 27.3. The van der Waals surface area contributed by atoms with Gasteiger partial charge in [0, 0.05) is 33.8 Å². The molecule has 18 heteroatoms. The zero-order chi connectivity index (χ0) is 39.4. The van der Waals surface area contributed by atoms with E-state index in [1.54, 1.807) is 60.7 Å². The van der Waals surface area contributed by atoms with Gasteiger partial charge in [-0.3, -0.25) is 0 Å². The van der Waals surface area contributed by atoms with Gasteiger partial charge in [0.2, 0.25) is 0 Å². The molecule has 0 bridgehead atoms. The third-order valence-corrected chi connectivity index (χ3v) is 9.27. The van der Waals surface area contributed by atoms with Gasteiger partial charge in [-0.1, -0.05) is 28.3 Å². The number of aryl methyl sites for hydroxylation is 2. The van der Waals surface area contributed by atoms with E-state index >= 15 is 0 Å². The smallest absolute Gasteiger partial charge is 0.152 e. The Kier molecular flexibility index (Phi) is 13.5. The van der Waals surface area contributed by atoms with Crippen molar-refractivity contribution in [2.24, 2.45) is 30.7 Å². The number of para-hydroxylation sites is 1. The van der Waals surface area contributed by atoms with Crippen LogP contribution in [0.1, 0.15) is 11.1 Å². The van der Waals surface area contributed by atoms with Crippen LogP contribution in [0, 0.1) is 13.8 Å². The summed E-state index contributed by atoms with van der Waals surface area (Å²) < 4.78 is 20.4. The van der Waals surface area contributed by atoms with Crippen molar-refractivity contribution >= 4 is 80.4 Å². The zero-order valence-corrected chi connectivity index (χ0v) is 31.7.